The molecular weight excluding hydrogens is 412 g/mol. The maximum atomic E-state index is 13.1. The van der Waals surface area contributed by atoms with E-state index in [1.54, 1.807) is 31.2 Å². The first-order valence-corrected chi connectivity index (χ1v) is 9.27. The minimum atomic E-state index is -1.12. The summed E-state index contributed by atoms with van der Waals surface area (Å²) in [5, 5.41) is 7.08. The fourth-order valence-electron chi connectivity index (χ4n) is 2.43. The van der Waals surface area contributed by atoms with E-state index < -0.39 is 42.6 Å². The summed E-state index contributed by atoms with van der Waals surface area (Å²) < 4.78 is 30.7. The zero-order valence-electron chi connectivity index (χ0n) is 16.7. The first kappa shape index (κ1) is 23.5. The number of benzene rings is 2. The Morgan fingerprint density at radius 3 is 2.39 bits per heavy atom. The summed E-state index contributed by atoms with van der Waals surface area (Å²) in [5.41, 5.74) is 1.32. The summed E-state index contributed by atoms with van der Waals surface area (Å²) in [6.45, 7) is 0.759. The minimum absolute atomic E-state index is 0.0253. The third-order valence-corrected chi connectivity index (χ3v) is 4.02. The molecule has 0 aliphatic heterocycles. The van der Waals surface area contributed by atoms with Gasteiger partial charge in [-0.3, -0.25) is 19.2 Å². The quantitative estimate of drug-likeness (QED) is 0.521. The van der Waals surface area contributed by atoms with Crippen LogP contribution < -0.4 is 16.0 Å². The summed E-state index contributed by atoms with van der Waals surface area (Å²) >= 11 is 0. The molecule has 0 bridgehead atoms. The highest BCUT2D eigenvalue weighted by atomic mass is 19.2. The molecule has 0 radical (unpaired) electrons. The normalized spacial score (nSPS) is 10.2. The van der Waals surface area contributed by atoms with Crippen LogP contribution in [0.1, 0.15) is 22.3 Å². The fraction of sp³-hybridized carbons (Fsp3) is 0.238. The second-order valence-electron chi connectivity index (χ2n) is 6.44. The number of anilines is 1. The third-order valence-electron chi connectivity index (χ3n) is 4.02. The summed E-state index contributed by atoms with van der Waals surface area (Å²) in [6, 6.07) is 9.81. The summed E-state index contributed by atoms with van der Waals surface area (Å²) in [7, 11) is 0. The highest BCUT2D eigenvalue weighted by molar-refractivity contribution is 5.96. The number of hydrogen-bond acceptors (Lipinski definition) is 5. The maximum absolute atomic E-state index is 13.1. The Balaban J connectivity index is 1.62. The number of esters is 1. The first-order valence-electron chi connectivity index (χ1n) is 9.27. The lowest BCUT2D eigenvalue weighted by molar-refractivity contribution is -0.148. The van der Waals surface area contributed by atoms with Crippen LogP contribution in [0.4, 0.5) is 14.5 Å². The molecule has 0 heterocycles. The molecule has 0 spiro atoms. The number of carbonyl (C=O) groups excluding carboxylic acids is 4. The molecule has 0 aliphatic carbocycles. The summed E-state index contributed by atoms with van der Waals surface area (Å²) in [5.74, 6) is -4.60. The number of carbonyl (C=O) groups is 4. The van der Waals surface area contributed by atoms with Gasteiger partial charge in [0.2, 0.25) is 5.91 Å². The van der Waals surface area contributed by atoms with Gasteiger partial charge >= 0.3 is 5.97 Å². The number of halogens is 2. The average Bonchev–Trinajstić information content (AvgIpc) is 2.73. The monoisotopic (exact) mass is 433 g/mol. The van der Waals surface area contributed by atoms with Crippen molar-refractivity contribution in [2.24, 2.45) is 0 Å². The molecule has 0 saturated carbocycles. The van der Waals surface area contributed by atoms with E-state index in [0.29, 0.717) is 5.56 Å². The van der Waals surface area contributed by atoms with E-state index in [4.69, 9.17) is 4.74 Å². The molecule has 0 atom stereocenters. The van der Waals surface area contributed by atoms with Crippen LogP contribution in [-0.2, 0) is 19.1 Å². The van der Waals surface area contributed by atoms with E-state index in [-0.39, 0.29) is 24.6 Å². The van der Waals surface area contributed by atoms with E-state index >= 15 is 0 Å². The molecule has 3 amide bonds. The molecule has 0 fully saturated rings. The van der Waals surface area contributed by atoms with E-state index in [9.17, 15) is 28.0 Å². The van der Waals surface area contributed by atoms with Crippen LogP contribution in [0.25, 0.3) is 0 Å². The van der Waals surface area contributed by atoms with Crippen LogP contribution in [-0.4, -0.2) is 43.4 Å². The number of aryl methyl sites for hydroxylation is 1. The predicted octanol–water partition coefficient (Wildman–Crippen LogP) is 1.69. The van der Waals surface area contributed by atoms with Crippen molar-refractivity contribution in [2.45, 2.75) is 13.3 Å². The second-order valence-corrected chi connectivity index (χ2v) is 6.44. The van der Waals surface area contributed by atoms with Gasteiger partial charge in [-0.25, -0.2) is 8.78 Å². The molecule has 0 saturated heterocycles. The van der Waals surface area contributed by atoms with Gasteiger partial charge in [0.25, 0.3) is 11.8 Å². The van der Waals surface area contributed by atoms with Crippen molar-refractivity contribution in [1.82, 2.24) is 10.6 Å². The Kier molecular flexibility index (Phi) is 8.62. The van der Waals surface area contributed by atoms with E-state index in [0.717, 1.165) is 23.8 Å². The Hall–Kier alpha value is -3.82. The molecule has 3 N–H and O–H groups in total. The number of ether oxygens (including phenoxy) is 1. The van der Waals surface area contributed by atoms with Crippen molar-refractivity contribution < 1.29 is 32.7 Å². The number of nitrogens with one attached hydrogen (secondary N) is 3. The van der Waals surface area contributed by atoms with Crippen molar-refractivity contribution in [3.8, 4) is 0 Å². The van der Waals surface area contributed by atoms with Crippen LogP contribution in [0.5, 0.6) is 0 Å². The van der Waals surface area contributed by atoms with Gasteiger partial charge in [0.1, 0.15) is 0 Å². The predicted molar refractivity (Wildman–Crippen MR) is 107 cm³/mol. The topological polar surface area (TPSA) is 114 Å². The van der Waals surface area contributed by atoms with Crippen LogP contribution in [0, 0.1) is 18.6 Å². The van der Waals surface area contributed by atoms with Crippen molar-refractivity contribution in [3.63, 3.8) is 0 Å². The highest BCUT2D eigenvalue weighted by Gasteiger charge is 2.12. The van der Waals surface area contributed by atoms with Gasteiger partial charge in [-0.15, -0.1) is 0 Å². The number of amides is 3. The zero-order chi connectivity index (χ0) is 22.8. The Labute approximate surface area is 177 Å². The molecule has 0 aliphatic rings. The molecule has 2 aromatic rings. The Morgan fingerprint density at radius 1 is 0.935 bits per heavy atom. The molecule has 0 aromatic heterocycles. The third kappa shape index (κ3) is 7.84. The standard InChI is InChI=1S/C21H21F2N3O5/c1-13-4-2-3-5-15(13)21(30)24-9-8-20(29)31-12-19(28)25-11-18(27)26-14-6-7-16(22)17(23)10-14/h2-7,10H,8-9,11-12H2,1H3,(H,24,30)(H,25,28)(H,26,27). The maximum Gasteiger partial charge on any atom is 0.308 e. The van der Waals surface area contributed by atoms with Crippen molar-refractivity contribution >= 4 is 29.4 Å². The second kappa shape index (κ2) is 11.4. The van der Waals surface area contributed by atoms with Gasteiger partial charge < -0.3 is 20.7 Å². The highest BCUT2D eigenvalue weighted by Crippen LogP contribution is 2.12. The lowest BCUT2D eigenvalue weighted by atomic mass is 10.1. The van der Waals surface area contributed by atoms with Gasteiger partial charge in [-0.1, -0.05) is 18.2 Å². The van der Waals surface area contributed by atoms with Crippen molar-refractivity contribution in [1.29, 1.82) is 0 Å². The molecule has 164 valence electrons. The molecule has 0 unspecified atom stereocenters. The van der Waals surface area contributed by atoms with Gasteiger partial charge in [0, 0.05) is 23.9 Å². The van der Waals surface area contributed by atoms with Crippen LogP contribution in [0.2, 0.25) is 0 Å². The van der Waals surface area contributed by atoms with E-state index in [1.165, 1.54) is 0 Å². The minimum Gasteiger partial charge on any atom is -0.456 e. The van der Waals surface area contributed by atoms with Crippen LogP contribution >= 0.6 is 0 Å². The van der Waals surface area contributed by atoms with Crippen molar-refractivity contribution in [3.05, 3.63) is 65.2 Å². The largest absolute Gasteiger partial charge is 0.456 e. The fourth-order valence-corrected chi connectivity index (χ4v) is 2.43. The summed E-state index contributed by atoms with van der Waals surface area (Å²) in [4.78, 5) is 47.1. The smallest absolute Gasteiger partial charge is 0.308 e. The SMILES string of the molecule is Cc1ccccc1C(=O)NCCC(=O)OCC(=O)NCC(=O)Nc1ccc(F)c(F)c1. The first-order chi connectivity index (χ1) is 14.8. The van der Waals surface area contributed by atoms with Crippen LogP contribution in [0.3, 0.4) is 0 Å². The van der Waals surface area contributed by atoms with Gasteiger partial charge in [-0.2, -0.15) is 0 Å². The average molecular weight is 433 g/mol. The molecule has 2 rings (SSSR count). The number of rotatable bonds is 9. The van der Waals surface area contributed by atoms with Gasteiger partial charge in [0.05, 0.1) is 13.0 Å². The molecule has 8 nitrogen and oxygen atoms in total. The lowest BCUT2D eigenvalue weighted by Gasteiger charge is -2.09. The van der Waals surface area contributed by atoms with Gasteiger partial charge in [-0.05, 0) is 30.7 Å². The van der Waals surface area contributed by atoms with Crippen LogP contribution in [0.15, 0.2) is 42.5 Å². The lowest BCUT2D eigenvalue weighted by Crippen LogP contribution is -2.36. The van der Waals surface area contributed by atoms with E-state index in [1.807, 2.05) is 0 Å². The zero-order valence-corrected chi connectivity index (χ0v) is 16.7. The number of hydrogen-bond donors (Lipinski definition) is 3. The Bertz CT molecular complexity index is 981. The molecular formula is C21H21F2N3O5. The van der Waals surface area contributed by atoms with E-state index in [2.05, 4.69) is 16.0 Å². The van der Waals surface area contributed by atoms with Crippen molar-refractivity contribution in [2.75, 3.05) is 25.0 Å². The Morgan fingerprint density at radius 2 is 1.68 bits per heavy atom. The summed E-state index contributed by atoms with van der Waals surface area (Å²) in [6.07, 6.45) is -0.137. The molecule has 2 aromatic carbocycles. The molecule has 10 heteroatoms. The molecule has 31 heavy (non-hydrogen) atoms. The van der Waals surface area contributed by atoms with Gasteiger partial charge in [0.15, 0.2) is 18.2 Å².